The van der Waals surface area contributed by atoms with Crippen LogP contribution in [0.3, 0.4) is 0 Å². The smallest absolute Gasteiger partial charge is 0.245 e. The molecule has 1 atom stereocenters. The van der Waals surface area contributed by atoms with Crippen LogP contribution in [0.2, 0.25) is 0 Å². The topological polar surface area (TPSA) is 108 Å². The Morgan fingerprint density at radius 2 is 2.04 bits per heavy atom. The van der Waals surface area contributed by atoms with Crippen LogP contribution in [0.1, 0.15) is 12.8 Å². The molecule has 0 spiro atoms. The van der Waals surface area contributed by atoms with Crippen LogP contribution in [0.5, 0.6) is 0 Å². The molecule has 144 valence electrons. The van der Waals surface area contributed by atoms with Gasteiger partial charge in [0.05, 0.1) is 17.4 Å². The molecule has 27 heavy (non-hydrogen) atoms. The molecule has 3 rings (SSSR count). The highest BCUT2D eigenvalue weighted by atomic mass is 32.2. The first-order chi connectivity index (χ1) is 13.0. The van der Waals surface area contributed by atoms with Crippen molar-refractivity contribution in [3.63, 3.8) is 0 Å². The highest BCUT2D eigenvalue weighted by molar-refractivity contribution is 7.89. The van der Waals surface area contributed by atoms with Gasteiger partial charge in [-0.3, -0.25) is 9.59 Å². The molecule has 1 aromatic carbocycles. The molecular weight excluding hydrogens is 388 g/mol. The van der Waals surface area contributed by atoms with Crippen molar-refractivity contribution in [1.29, 1.82) is 0 Å². The number of piperidine rings is 1. The minimum Gasteiger partial charge on any atom is -0.347 e. The van der Waals surface area contributed by atoms with E-state index < -0.39 is 15.9 Å². The predicted octanol–water partition coefficient (Wildman–Crippen LogP) is 1.30. The summed E-state index contributed by atoms with van der Waals surface area (Å²) in [6, 6.07) is 8.18. The van der Waals surface area contributed by atoms with Gasteiger partial charge in [-0.25, -0.2) is 13.4 Å². The normalized spacial score (nSPS) is 18.0. The lowest BCUT2D eigenvalue weighted by Gasteiger charge is -2.31. The first-order valence-electron chi connectivity index (χ1n) is 8.49. The van der Waals surface area contributed by atoms with Crippen molar-refractivity contribution in [2.75, 3.05) is 25.0 Å². The molecule has 1 aliphatic heterocycles. The molecule has 8 nitrogen and oxygen atoms in total. The van der Waals surface area contributed by atoms with Gasteiger partial charge in [0.1, 0.15) is 0 Å². The van der Waals surface area contributed by atoms with Gasteiger partial charge in [-0.2, -0.15) is 4.31 Å². The van der Waals surface area contributed by atoms with Crippen molar-refractivity contribution in [1.82, 2.24) is 14.6 Å². The van der Waals surface area contributed by atoms with E-state index in [1.54, 1.807) is 41.9 Å². The number of carbonyl (C=O) groups is 2. The first-order valence-corrected chi connectivity index (χ1v) is 10.8. The van der Waals surface area contributed by atoms with Crippen LogP contribution in [0.4, 0.5) is 5.13 Å². The number of rotatable bonds is 6. The molecule has 1 fully saturated rings. The molecule has 0 radical (unpaired) electrons. The first kappa shape index (κ1) is 19.5. The van der Waals surface area contributed by atoms with E-state index in [4.69, 9.17) is 0 Å². The minimum atomic E-state index is -3.63. The summed E-state index contributed by atoms with van der Waals surface area (Å²) in [6.07, 6.45) is 2.75. The molecule has 2 heterocycles. The van der Waals surface area contributed by atoms with Gasteiger partial charge < -0.3 is 10.6 Å². The molecule has 0 aliphatic carbocycles. The molecule has 0 bridgehead atoms. The van der Waals surface area contributed by atoms with Crippen molar-refractivity contribution in [2.45, 2.75) is 17.7 Å². The van der Waals surface area contributed by atoms with Crippen LogP contribution in [0.25, 0.3) is 0 Å². The maximum atomic E-state index is 12.7. The average Bonchev–Trinajstić information content (AvgIpc) is 3.20. The SMILES string of the molecule is O=C(CNC(=O)[C@@H]1CCCN(S(=O)(=O)c2ccccc2)C1)Nc1nccs1. The quantitative estimate of drug-likeness (QED) is 0.749. The summed E-state index contributed by atoms with van der Waals surface area (Å²) in [5.74, 6) is -1.18. The number of hydrogen-bond acceptors (Lipinski definition) is 6. The third-order valence-corrected chi connectivity index (χ3v) is 6.81. The number of nitrogens with zero attached hydrogens (tertiary/aromatic N) is 2. The van der Waals surface area contributed by atoms with Crippen LogP contribution < -0.4 is 10.6 Å². The summed E-state index contributed by atoms with van der Waals surface area (Å²) < 4.78 is 26.8. The fraction of sp³-hybridized carbons (Fsp3) is 0.353. The second kappa shape index (κ2) is 8.59. The summed E-state index contributed by atoms with van der Waals surface area (Å²) in [7, 11) is -3.63. The van der Waals surface area contributed by atoms with E-state index in [-0.39, 0.29) is 29.8 Å². The molecule has 1 saturated heterocycles. The van der Waals surface area contributed by atoms with Crippen LogP contribution in [-0.2, 0) is 19.6 Å². The largest absolute Gasteiger partial charge is 0.347 e. The van der Waals surface area contributed by atoms with Gasteiger partial charge >= 0.3 is 0 Å². The van der Waals surface area contributed by atoms with E-state index in [9.17, 15) is 18.0 Å². The summed E-state index contributed by atoms with van der Waals surface area (Å²) in [5.41, 5.74) is 0. The number of nitrogens with one attached hydrogen (secondary N) is 2. The van der Waals surface area contributed by atoms with Crippen molar-refractivity contribution in [3.8, 4) is 0 Å². The fourth-order valence-corrected chi connectivity index (χ4v) is 4.97. The van der Waals surface area contributed by atoms with E-state index in [0.29, 0.717) is 24.5 Å². The molecule has 2 aromatic rings. The van der Waals surface area contributed by atoms with E-state index >= 15 is 0 Å². The third kappa shape index (κ3) is 4.90. The van der Waals surface area contributed by atoms with Crippen LogP contribution in [0, 0.1) is 5.92 Å². The molecule has 10 heteroatoms. The molecule has 0 unspecified atom stereocenters. The minimum absolute atomic E-state index is 0.108. The van der Waals surface area contributed by atoms with Crippen LogP contribution >= 0.6 is 11.3 Å². The van der Waals surface area contributed by atoms with Crippen molar-refractivity contribution < 1.29 is 18.0 Å². The van der Waals surface area contributed by atoms with Crippen LogP contribution in [-0.4, -0.2) is 49.2 Å². The van der Waals surface area contributed by atoms with Crippen LogP contribution in [0.15, 0.2) is 46.8 Å². The average molecular weight is 409 g/mol. The maximum absolute atomic E-state index is 12.7. The zero-order valence-electron chi connectivity index (χ0n) is 14.5. The number of hydrogen-bond donors (Lipinski definition) is 2. The Morgan fingerprint density at radius 1 is 1.26 bits per heavy atom. The molecule has 2 amide bonds. The Kier molecular flexibility index (Phi) is 6.19. The number of benzene rings is 1. The van der Waals surface area contributed by atoms with Gasteiger partial charge in [-0.05, 0) is 25.0 Å². The third-order valence-electron chi connectivity index (χ3n) is 4.24. The number of anilines is 1. The van der Waals surface area contributed by atoms with E-state index in [1.807, 2.05) is 0 Å². The summed E-state index contributed by atoms with van der Waals surface area (Å²) in [4.78, 5) is 28.4. The number of amides is 2. The molecular formula is C17H20N4O4S2. The van der Waals surface area contributed by atoms with Gasteiger partial charge in [0.25, 0.3) is 0 Å². The van der Waals surface area contributed by atoms with Gasteiger partial charge in [-0.1, -0.05) is 18.2 Å². The number of carbonyl (C=O) groups excluding carboxylic acids is 2. The lowest BCUT2D eigenvalue weighted by molar-refractivity contribution is -0.128. The van der Waals surface area contributed by atoms with Gasteiger partial charge in [0, 0.05) is 24.7 Å². The standard InChI is InChI=1S/C17H20N4O4S2/c22-15(20-17-18-8-10-26-17)11-19-16(23)13-5-4-9-21(12-13)27(24,25)14-6-2-1-3-7-14/h1-3,6-8,10,13H,4-5,9,11-12H2,(H,19,23)(H,18,20,22)/t13-/m1/s1. The van der Waals surface area contributed by atoms with E-state index in [0.717, 1.165) is 0 Å². The highest BCUT2D eigenvalue weighted by Gasteiger charge is 2.33. The Morgan fingerprint density at radius 3 is 2.74 bits per heavy atom. The maximum Gasteiger partial charge on any atom is 0.245 e. The summed E-state index contributed by atoms with van der Waals surface area (Å²) in [6.45, 7) is 0.309. The zero-order chi connectivity index (χ0) is 19.3. The van der Waals surface area contributed by atoms with E-state index in [2.05, 4.69) is 15.6 Å². The molecule has 1 aromatic heterocycles. The number of thiazole rings is 1. The lowest BCUT2D eigenvalue weighted by Crippen LogP contribution is -2.46. The summed E-state index contributed by atoms with van der Waals surface area (Å²) in [5, 5.41) is 7.36. The summed E-state index contributed by atoms with van der Waals surface area (Å²) >= 11 is 1.29. The number of aromatic nitrogens is 1. The van der Waals surface area contributed by atoms with Crippen molar-refractivity contribution in [2.24, 2.45) is 5.92 Å². The Balaban J connectivity index is 1.56. The second-order valence-corrected chi connectivity index (χ2v) is 8.95. The van der Waals surface area contributed by atoms with Gasteiger partial charge in [0.2, 0.25) is 21.8 Å². The van der Waals surface area contributed by atoms with E-state index in [1.165, 1.54) is 15.6 Å². The monoisotopic (exact) mass is 408 g/mol. The highest BCUT2D eigenvalue weighted by Crippen LogP contribution is 2.23. The second-order valence-electron chi connectivity index (χ2n) is 6.12. The predicted molar refractivity (Wildman–Crippen MR) is 102 cm³/mol. The molecule has 2 N–H and O–H groups in total. The van der Waals surface area contributed by atoms with Crippen molar-refractivity contribution >= 4 is 38.3 Å². The van der Waals surface area contributed by atoms with Crippen molar-refractivity contribution in [3.05, 3.63) is 41.9 Å². The number of sulfonamides is 1. The fourth-order valence-electron chi connectivity index (χ4n) is 2.88. The Bertz CT molecular complexity index is 885. The Labute approximate surface area is 161 Å². The lowest BCUT2D eigenvalue weighted by atomic mass is 9.99. The zero-order valence-corrected chi connectivity index (χ0v) is 16.1. The molecule has 1 aliphatic rings. The van der Waals surface area contributed by atoms with Gasteiger partial charge in [0.15, 0.2) is 5.13 Å². The van der Waals surface area contributed by atoms with Gasteiger partial charge in [-0.15, -0.1) is 11.3 Å². The molecule has 0 saturated carbocycles. The Hall–Kier alpha value is -2.30.